The zero-order chi connectivity index (χ0) is 12.8. The van der Waals surface area contributed by atoms with Crippen molar-refractivity contribution in [2.45, 2.75) is 12.8 Å². The Labute approximate surface area is 114 Å². The van der Waals surface area contributed by atoms with E-state index in [0.717, 1.165) is 56.3 Å². The van der Waals surface area contributed by atoms with Crippen LogP contribution in [0.15, 0.2) is 18.2 Å². The first kappa shape index (κ1) is 13.7. The summed E-state index contributed by atoms with van der Waals surface area (Å²) in [6, 6.07) is 6.10. The SMILES string of the molecule is Cc1cc(CCl)ccc1OCCN1CCOCC1. The molecule has 0 spiro atoms. The molecule has 1 aliphatic rings. The molecule has 2 rings (SSSR count). The Morgan fingerprint density at radius 2 is 2.11 bits per heavy atom. The van der Waals surface area contributed by atoms with E-state index in [4.69, 9.17) is 21.1 Å². The van der Waals surface area contributed by atoms with E-state index in [9.17, 15) is 0 Å². The molecule has 3 nitrogen and oxygen atoms in total. The van der Waals surface area contributed by atoms with Crippen molar-refractivity contribution in [3.63, 3.8) is 0 Å². The highest BCUT2D eigenvalue weighted by Gasteiger charge is 2.10. The van der Waals surface area contributed by atoms with Gasteiger partial charge in [0.15, 0.2) is 0 Å². The first-order valence-electron chi connectivity index (χ1n) is 6.38. The van der Waals surface area contributed by atoms with Crippen LogP contribution in [0.1, 0.15) is 11.1 Å². The van der Waals surface area contributed by atoms with Crippen LogP contribution in [0.5, 0.6) is 5.75 Å². The fourth-order valence-corrected chi connectivity index (χ4v) is 2.23. The Morgan fingerprint density at radius 1 is 1.33 bits per heavy atom. The molecule has 0 atom stereocenters. The number of halogens is 1. The summed E-state index contributed by atoms with van der Waals surface area (Å²) in [4.78, 5) is 2.37. The Balaban J connectivity index is 1.79. The van der Waals surface area contributed by atoms with E-state index in [-0.39, 0.29) is 0 Å². The number of aryl methyl sites for hydroxylation is 1. The highest BCUT2D eigenvalue weighted by Crippen LogP contribution is 2.20. The van der Waals surface area contributed by atoms with Gasteiger partial charge in [-0.15, -0.1) is 11.6 Å². The summed E-state index contributed by atoms with van der Waals surface area (Å²) < 4.78 is 11.1. The van der Waals surface area contributed by atoms with Gasteiger partial charge in [-0.2, -0.15) is 0 Å². The zero-order valence-corrected chi connectivity index (χ0v) is 11.6. The molecule has 0 aromatic heterocycles. The molecule has 0 aliphatic carbocycles. The summed E-state index contributed by atoms with van der Waals surface area (Å²) in [5.74, 6) is 1.51. The van der Waals surface area contributed by atoms with E-state index in [0.29, 0.717) is 5.88 Å². The van der Waals surface area contributed by atoms with Gasteiger partial charge < -0.3 is 9.47 Å². The zero-order valence-electron chi connectivity index (χ0n) is 10.8. The number of hydrogen-bond donors (Lipinski definition) is 0. The third-order valence-electron chi connectivity index (χ3n) is 3.16. The van der Waals surface area contributed by atoms with Gasteiger partial charge in [0.05, 0.1) is 13.2 Å². The molecule has 1 aromatic carbocycles. The molecule has 18 heavy (non-hydrogen) atoms. The average molecular weight is 270 g/mol. The number of nitrogens with zero attached hydrogens (tertiary/aromatic N) is 1. The lowest BCUT2D eigenvalue weighted by atomic mass is 10.1. The second-order valence-corrected chi connectivity index (χ2v) is 4.80. The van der Waals surface area contributed by atoms with E-state index < -0.39 is 0 Å². The van der Waals surface area contributed by atoms with Gasteiger partial charge in [-0.05, 0) is 24.1 Å². The minimum absolute atomic E-state index is 0.550. The maximum Gasteiger partial charge on any atom is 0.122 e. The minimum Gasteiger partial charge on any atom is -0.492 e. The lowest BCUT2D eigenvalue weighted by Crippen LogP contribution is -2.38. The van der Waals surface area contributed by atoms with Gasteiger partial charge in [0, 0.05) is 25.5 Å². The number of rotatable bonds is 5. The van der Waals surface area contributed by atoms with Crippen LogP contribution >= 0.6 is 11.6 Å². The maximum atomic E-state index is 5.81. The van der Waals surface area contributed by atoms with E-state index in [2.05, 4.69) is 17.9 Å². The normalized spacial score (nSPS) is 16.8. The van der Waals surface area contributed by atoms with Crippen molar-refractivity contribution < 1.29 is 9.47 Å². The van der Waals surface area contributed by atoms with Crippen LogP contribution in [0.4, 0.5) is 0 Å². The molecule has 0 radical (unpaired) electrons. The number of alkyl halides is 1. The standard InChI is InChI=1S/C14H20ClNO2/c1-12-10-13(11-15)2-3-14(12)18-9-6-16-4-7-17-8-5-16/h2-3,10H,4-9,11H2,1H3. The van der Waals surface area contributed by atoms with Crippen molar-refractivity contribution >= 4 is 11.6 Å². The van der Waals surface area contributed by atoms with Crippen LogP contribution in [-0.2, 0) is 10.6 Å². The fourth-order valence-electron chi connectivity index (χ4n) is 2.07. The maximum absolute atomic E-state index is 5.81. The van der Waals surface area contributed by atoms with Crippen molar-refractivity contribution in [1.82, 2.24) is 4.90 Å². The second kappa shape index (κ2) is 6.98. The molecule has 100 valence electrons. The highest BCUT2D eigenvalue weighted by atomic mass is 35.5. The monoisotopic (exact) mass is 269 g/mol. The lowest BCUT2D eigenvalue weighted by molar-refractivity contribution is 0.0322. The van der Waals surface area contributed by atoms with Gasteiger partial charge in [0.1, 0.15) is 12.4 Å². The Hall–Kier alpha value is -0.770. The summed E-state index contributed by atoms with van der Waals surface area (Å²) in [6.07, 6.45) is 0. The van der Waals surface area contributed by atoms with Crippen LogP contribution in [0.25, 0.3) is 0 Å². The van der Waals surface area contributed by atoms with Crippen LogP contribution in [-0.4, -0.2) is 44.4 Å². The fraction of sp³-hybridized carbons (Fsp3) is 0.571. The molecule has 0 unspecified atom stereocenters. The van der Waals surface area contributed by atoms with Crippen molar-refractivity contribution in [3.05, 3.63) is 29.3 Å². The van der Waals surface area contributed by atoms with Gasteiger partial charge >= 0.3 is 0 Å². The van der Waals surface area contributed by atoms with Crippen molar-refractivity contribution in [2.75, 3.05) is 39.5 Å². The van der Waals surface area contributed by atoms with Gasteiger partial charge in [0.2, 0.25) is 0 Å². The van der Waals surface area contributed by atoms with Crippen LogP contribution in [0, 0.1) is 6.92 Å². The molecule has 1 fully saturated rings. The molecule has 1 heterocycles. The topological polar surface area (TPSA) is 21.7 Å². The molecule has 0 amide bonds. The van der Waals surface area contributed by atoms with Crippen LogP contribution < -0.4 is 4.74 Å². The van der Waals surface area contributed by atoms with Gasteiger partial charge in [-0.1, -0.05) is 12.1 Å². The van der Waals surface area contributed by atoms with Gasteiger partial charge in [-0.25, -0.2) is 0 Å². The molecular formula is C14H20ClNO2. The molecule has 1 saturated heterocycles. The lowest BCUT2D eigenvalue weighted by Gasteiger charge is -2.26. The summed E-state index contributed by atoms with van der Waals surface area (Å²) in [7, 11) is 0. The minimum atomic E-state index is 0.550. The second-order valence-electron chi connectivity index (χ2n) is 4.54. The quantitative estimate of drug-likeness (QED) is 0.767. The summed E-state index contributed by atoms with van der Waals surface area (Å²) in [5, 5.41) is 0. The van der Waals surface area contributed by atoms with Crippen LogP contribution in [0.3, 0.4) is 0 Å². The van der Waals surface area contributed by atoms with Gasteiger partial charge in [-0.3, -0.25) is 4.90 Å². The van der Waals surface area contributed by atoms with Crippen molar-refractivity contribution in [3.8, 4) is 5.75 Å². The largest absolute Gasteiger partial charge is 0.492 e. The van der Waals surface area contributed by atoms with Crippen molar-refractivity contribution in [1.29, 1.82) is 0 Å². The Morgan fingerprint density at radius 3 is 2.78 bits per heavy atom. The summed E-state index contributed by atoms with van der Waals surface area (Å²) >= 11 is 5.80. The smallest absolute Gasteiger partial charge is 0.122 e. The first-order chi connectivity index (χ1) is 8.79. The molecule has 0 N–H and O–H groups in total. The molecule has 1 aromatic rings. The number of morpholine rings is 1. The third-order valence-corrected chi connectivity index (χ3v) is 3.47. The molecular weight excluding hydrogens is 250 g/mol. The molecule has 0 saturated carbocycles. The van der Waals surface area contributed by atoms with Crippen molar-refractivity contribution in [2.24, 2.45) is 0 Å². The Kier molecular flexibility index (Phi) is 5.29. The Bertz CT molecular complexity index is 378. The van der Waals surface area contributed by atoms with Crippen LogP contribution in [0.2, 0.25) is 0 Å². The average Bonchev–Trinajstić information content (AvgIpc) is 2.42. The summed E-state index contributed by atoms with van der Waals surface area (Å²) in [6.45, 7) is 7.43. The van der Waals surface area contributed by atoms with E-state index in [1.807, 2.05) is 12.1 Å². The summed E-state index contributed by atoms with van der Waals surface area (Å²) in [5.41, 5.74) is 2.28. The predicted octanol–water partition coefficient (Wildman–Crippen LogP) is 2.44. The first-order valence-corrected chi connectivity index (χ1v) is 6.91. The number of hydrogen-bond acceptors (Lipinski definition) is 3. The molecule has 4 heteroatoms. The third kappa shape index (κ3) is 3.87. The van der Waals surface area contributed by atoms with Gasteiger partial charge in [0.25, 0.3) is 0 Å². The highest BCUT2D eigenvalue weighted by molar-refractivity contribution is 6.17. The number of benzene rings is 1. The predicted molar refractivity (Wildman–Crippen MR) is 73.5 cm³/mol. The van der Waals surface area contributed by atoms with E-state index in [1.54, 1.807) is 0 Å². The van der Waals surface area contributed by atoms with E-state index in [1.165, 1.54) is 0 Å². The van der Waals surface area contributed by atoms with E-state index >= 15 is 0 Å². The molecule has 0 bridgehead atoms. The number of ether oxygens (including phenoxy) is 2. The molecule has 1 aliphatic heterocycles.